The van der Waals surface area contributed by atoms with Crippen LogP contribution in [0.2, 0.25) is 0 Å². The lowest BCUT2D eigenvalue weighted by Crippen LogP contribution is -2.36. The second-order valence-electron chi connectivity index (χ2n) is 6.09. The van der Waals surface area contributed by atoms with Crippen molar-refractivity contribution < 1.29 is 14.6 Å². The van der Waals surface area contributed by atoms with Crippen LogP contribution in [0.4, 0.5) is 0 Å². The van der Waals surface area contributed by atoms with Crippen molar-refractivity contribution in [1.29, 1.82) is 0 Å². The smallest absolute Gasteiger partial charge is 0.320 e. The van der Waals surface area contributed by atoms with E-state index in [0.717, 1.165) is 37.0 Å². The molecule has 0 saturated heterocycles. The van der Waals surface area contributed by atoms with E-state index in [4.69, 9.17) is 4.74 Å². The summed E-state index contributed by atoms with van der Waals surface area (Å²) in [5, 5.41) is 12.4. The number of hydrogen-bond donors (Lipinski definition) is 2. The lowest BCUT2D eigenvalue weighted by atomic mass is 10.1. The van der Waals surface area contributed by atoms with Crippen LogP contribution in [0.3, 0.4) is 0 Å². The van der Waals surface area contributed by atoms with Gasteiger partial charge in [0.2, 0.25) is 0 Å². The van der Waals surface area contributed by atoms with Crippen molar-refractivity contribution in [3.63, 3.8) is 0 Å². The number of ether oxygens (including phenoxy) is 1. The molecule has 4 heteroatoms. The minimum absolute atomic E-state index is 0.347. The maximum atomic E-state index is 11.2. The van der Waals surface area contributed by atoms with Crippen molar-refractivity contribution in [1.82, 2.24) is 5.32 Å². The molecule has 2 N–H and O–H groups in total. The molecule has 1 saturated carbocycles. The van der Waals surface area contributed by atoms with E-state index in [0.29, 0.717) is 19.1 Å². The third kappa shape index (κ3) is 5.34. The zero-order valence-electron chi connectivity index (χ0n) is 13.4. The Morgan fingerprint density at radius 3 is 2.86 bits per heavy atom. The summed E-state index contributed by atoms with van der Waals surface area (Å²) in [5.41, 5.74) is 1.07. The Bertz CT molecular complexity index is 469. The highest BCUT2D eigenvalue weighted by Crippen LogP contribution is 2.24. The Kier molecular flexibility index (Phi) is 6.72. The average molecular weight is 305 g/mol. The fraction of sp³-hybridized carbons (Fsp3) is 0.611. The molecule has 1 aliphatic carbocycles. The molecule has 0 aromatic heterocycles. The third-order valence-corrected chi connectivity index (χ3v) is 4.20. The largest absolute Gasteiger partial charge is 0.490 e. The van der Waals surface area contributed by atoms with Gasteiger partial charge in [0.05, 0.1) is 6.10 Å². The van der Waals surface area contributed by atoms with Crippen LogP contribution in [0.1, 0.15) is 57.4 Å². The molecule has 0 bridgehead atoms. The summed E-state index contributed by atoms with van der Waals surface area (Å²) < 4.78 is 5.99. The molecule has 0 aliphatic heterocycles. The van der Waals surface area contributed by atoms with Crippen LogP contribution in [0, 0.1) is 0 Å². The number of aliphatic carboxylic acids is 1. The SMILES string of the molecule is CCCC[C@H](NCc1cccc(OC2CCCC2)c1)C(=O)O. The molecule has 0 unspecified atom stereocenters. The van der Waals surface area contributed by atoms with Crippen LogP contribution in [0.5, 0.6) is 5.75 Å². The van der Waals surface area contributed by atoms with Crippen LogP contribution in [0.25, 0.3) is 0 Å². The Hall–Kier alpha value is -1.55. The predicted molar refractivity (Wildman–Crippen MR) is 87.1 cm³/mol. The fourth-order valence-electron chi connectivity index (χ4n) is 2.89. The lowest BCUT2D eigenvalue weighted by Gasteiger charge is -2.16. The van der Waals surface area contributed by atoms with Crippen molar-refractivity contribution in [2.75, 3.05) is 0 Å². The Morgan fingerprint density at radius 2 is 2.18 bits per heavy atom. The first-order valence-corrected chi connectivity index (χ1v) is 8.41. The molecule has 0 amide bonds. The molecule has 1 fully saturated rings. The molecular formula is C18H27NO3. The molecule has 1 atom stereocenters. The van der Waals surface area contributed by atoms with Crippen LogP contribution in [-0.2, 0) is 11.3 Å². The summed E-state index contributed by atoms with van der Waals surface area (Å²) in [6.07, 6.45) is 7.74. The zero-order valence-corrected chi connectivity index (χ0v) is 13.4. The summed E-state index contributed by atoms with van der Waals surface area (Å²) in [6, 6.07) is 7.51. The average Bonchev–Trinajstić information content (AvgIpc) is 3.00. The van der Waals surface area contributed by atoms with Crippen LogP contribution >= 0.6 is 0 Å². The molecule has 22 heavy (non-hydrogen) atoms. The quantitative estimate of drug-likeness (QED) is 0.729. The summed E-state index contributed by atoms with van der Waals surface area (Å²) >= 11 is 0. The highest BCUT2D eigenvalue weighted by molar-refractivity contribution is 5.73. The number of rotatable bonds is 9. The topological polar surface area (TPSA) is 58.6 Å². The normalized spacial score (nSPS) is 16.6. The van der Waals surface area contributed by atoms with E-state index in [9.17, 15) is 9.90 Å². The standard InChI is InChI=1S/C18H27NO3/c1-2-3-11-17(18(20)21)19-13-14-7-6-10-16(12-14)22-15-8-4-5-9-15/h6-7,10,12,15,17,19H,2-5,8-9,11,13H2,1H3,(H,20,21)/t17-/m0/s1. The lowest BCUT2D eigenvalue weighted by molar-refractivity contribution is -0.139. The Morgan fingerprint density at radius 1 is 1.41 bits per heavy atom. The first kappa shape index (κ1) is 16.8. The third-order valence-electron chi connectivity index (χ3n) is 4.20. The summed E-state index contributed by atoms with van der Waals surface area (Å²) in [4.78, 5) is 11.2. The highest BCUT2D eigenvalue weighted by Gasteiger charge is 2.17. The van der Waals surface area contributed by atoms with Crippen molar-refractivity contribution in [2.24, 2.45) is 0 Å². The van der Waals surface area contributed by atoms with Gasteiger partial charge in [-0.15, -0.1) is 0 Å². The Balaban J connectivity index is 1.87. The number of carboxylic acids is 1. The molecule has 0 spiro atoms. The van der Waals surface area contributed by atoms with Crippen LogP contribution in [0.15, 0.2) is 24.3 Å². The molecule has 0 heterocycles. The van der Waals surface area contributed by atoms with E-state index in [1.807, 2.05) is 24.3 Å². The van der Waals surface area contributed by atoms with Gasteiger partial charge in [-0.2, -0.15) is 0 Å². The van der Waals surface area contributed by atoms with Gasteiger partial charge in [0.15, 0.2) is 0 Å². The van der Waals surface area contributed by atoms with E-state index in [-0.39, 0.29) is 0 Å². The second kappa shape index (κ2) is 8.79. The van der Waals surface area contributed by atoms with Gasteiger partial charge in [0.1, 0.15) is 11.8 Å². The molecule has 1 aliphatic rings. The summed E-state index contributed by atoms with van der Waals surface area (Å²) in [5.74, 6) is 0.124. The van der Waals surface area contributed by atoms with E-state index in [2.05, 4.69) is 12.2 Å². The first-order valence-electron chi connectivity index (χ1n) is 8.41. The highest BCUT2D eigenvalue weighted by atomic mass is 16.5. The van der Waals surface area contributed by atoms with Crippen LogP contribution in [-0.4, -0.2) is 23.2 Å². The number of hydrogen-bond acceptors (Lipinski definition) is 3. The minimum atomic E-state index is -0.771. The van der Waals surface area contributed by atoms with Crippen molar-refractivity contribution >= 4 is 5.97 Å². The van der Waals surface area contributed by atoms with E-state index < -0.39 is 12.0 Å². The maximum absolute atomic E-state index is 11.2. The van der Waals surface area contributed by atoms with Gasteiger partial charge in [0, 0.05) is 6.54 Å². The van der Waals surface area contributed by atoms with E-state index >= 15 is 0 Å². The van der Waals surface area contributed by atoms with Gasteiger partial charge >= 0.3 is 5.97 Å². The number of nitrogens with one attached hydrogen (secondary N) is 1. The van der Waals surface area contributed by atoms with Gasteiger partial charge < -0.3 is 15.2 Å². The van der Waals surface area contributed by atoms with Gasteiger partial charge in [-0.3, -0.25) is 4.79 Å². The van der Waals surface area contributed by atoms with Gasteiger partial charge in [-0.25, -0.2) is 0 Å². The number of benzene rings is 1. The Labute approximate surface area is 132 Å². The summed E-state index contributed by atoms with van der Waals surface area (Å²) in [7, 11) is 0. The fourth-order valence-corrected chi connectivity index (χ4v) is 2.89. The van der Waals surface area contributed by atoms with Crippen molar-refractivity contribution in [3.05, 3.63) is 29.8 Å². The molecule has 122 valence electrons. The molecule has 2 rings (SSSR count). The summed E-state index contributed by atoms with van der Waals surface area (Å²) in [6.45, 7) is 2.63. The van der Waals surface area contributed by atoms with Crippen LogP contribution < -0.4 is 10.1 Å². The minimum Gasteiger partial charge on any atom is -0.490 e. The zero-order chi connectivity index (χ0) is 15.8. The first-order chi connectivity index (χ1) is 10.7. The molecule has 0 radical (unpaired) electrons. The monoisotopic (exact) mass is 305 g/mol. The van der Waals surface area contributed by atoms with Gasteiger partial charge in [-0.1, -0.05) is 31.9 Å². The molecule has 4 nitrogen and oxygen atoms in total. The number of unbranched alkanes of at least 4 members (excludes halogenated alkanes) is 1. The van der Waals surface area contributed by atoms with E-state index in [1.165, 1.54) is 12.8 Å². The number of carbonyl (C=O) groups is 1. The van der Waals surface area contributed by atoms with Gasteiger partial charge in [0.25, 0.3) is 0 Å². The van der Waals surface area contributed by atoms with E-state index in [1.54, 1.807) is 0 Å². The van der Waals surface area contributed by atoms with Gasteiger partial charge in [-0.05, 0) is 49.8 Å². The van der Waals surface area contributed by atoms with Crippen molar-refractivity contribution in [2.45, 2.75) is 70.6 Å². The maximum Gasteiger partial charge on any atom is 0.320 e. The van der Waals surface area contributed by atoms with Crippen molar-refractivity contribution in [3.8, 4) is 5.75 Å². The molecule has 1 aromatic rings. The number of carboxylic acid groups (broad SMARTS) is 1. The molecular weight excluding hydrogens is 278 g/mol. The predicted octanol–water partition coefficient (Wildman–Crippen LogP) is 3.74. The second-order valence-corrected chi connectivity index (χ2v) is 6.09. The molecule has 1 aromatic carbocycles.